The fraction of sp³-hybridized carbons (Fsp3) is 0.800. The Kier molecular flexibility index (Phi) is 4.58. The van der Waals surface area contributed by atoms with E-state index in [0.717, 1.165) is 38.7 Å². The molecule has 0 bridgehead atoms. The van der Waals surface area contributed by atoms with Crippen molar-refractivity contribution < 1.29 is 4.74 Å². The Balaban J connectivity index is 1.70. The molecule has 4 nitrogen and oxygen atoms in total. The summed E-state index contributed by atoms with van der Waals surface area (Å²) >= 11 is 1.90. The minimum Gasteiger partial charge on any atom is -0.384 e. The fourth-order valence-corrected chi connectivity index (χ4v) is 4.06. The van der Waals surface area contributed by atoms with Crippen molar-refractivity contribution in [3.63, 3.8) is 0 Å². The van der Waals surface area contributed by atoms with E-state index in [2.05, 4.69) is 17.1 Å². The standard InChI is InChI=1S/C15H25N3OS/c1-3-16-8-13-14(12-4-5-12)17-15(20-13)18-7-6-11(9-18)10-19-2/h11-12,16H,3-10H2,1-2H3. The quantitative estimate of drug-likeness (QED) is 0.839. The third-order valence-electron chi connectivity index (χ3n) is 4.17. The number of hydrogen-bond donors (Lipinski definition) is 1. The van der Waals surface area contributed by atoms with E-state index in [1.807, 2.05) is 11.3 Å². The normalized spacial score (nSPS) is 22.7. The van der Waals surface area contributed by atoms with E-state index in [-0.39, 0.29) is 0 Å². The molecule has 2 aliphatic rings. The zero-order valence-corrected chi connectivity index (χ0v) is 13.3. The molecule has 1 unspecified atom stereocenters. The van der Waals surface area contributed by atoms with Gasteiger partial charge >= 0.3 is 0 Å². The first kappa shape index (κ1) is 14.3. The predicted molar refractivity (Wildman–Crippen MR) is 83.7 cm³/mol. The highest BCUT2D eigenvalue weighted by atomic mass is 32.1. The van der Waals surface area contributed by atoms with Gasteiger partial charge in [0.2, 0.25) is 0 Å². The predicted octanol–water partition coefficient (Wildman–Crippen LogP) is 2.60. The van der Waals surface area contributed by atoms with Gasteiger partial charge in [-0.1, -0.05) is 6.92 Å². The van der Waals surface area contributed by atoms with Crippen LogP contribution in [0.3, 0.4) is 0 Å². The number of anilines is 1. The lowest BCUT2D eigenvalue weighted by Gasteiger charge is -2.14. The van der Waals surface area contributed by atoms with E-state index in [4.69, 9.17) is 9.72 Å². The Morgan fingerprint density at radius 3 is 2.95 bits per heavy atom. The van der Waals surface area contributed by atoms with Gasteiger partial charge in [-0.2, -0.15) is 0 Å². The SMILES string of the molecule is CCNCc1sc(N2CCC(COC)C2)nc1C1CC1. The van der Waals surface area contributed by atoms with Gasteiger partial charge in [-0.25, -0.2) is 4.98 Å². The van der Waals surface area contributed by atoms with Crippen molar-refractivity contribution in [3.05, 3.63) is 10.6 Å². The number of ether oxygens (including phenoxy) is 1. The van der Waals surface area contributed by atoms with Gasteiger partial charge in [-0.3, -0.25) is 0 Å². The van der Waals surface area contributed by atoms with Crippen LogP contribution in [0.1, 0.15) is 42.7 Å². The van der Waals surface area contributed by atoms with E-state index in [9.17, 15) is 0 Å². The van der Waals surface area contributed by atoms with E-state index in [0.29, 0.717) is 5.92 Å². The van der Waals surface area contributed by atoms with Crippen molar-refractivity contribution in [2.24, 2.45) is 5.92 Å². The lowest BCUT2D eigenvalue weighted by atomic mass is 10.1. The molecular formula is C15H25N3OS. The van der Waals surface area contributed by atoms with Gasteiger partial charge in [-0.15, -0.1) is 11.3 Å². The molecule has 5 heteroatoms. The van der Waals surface area contributed by atoms with Crippen LogP contribution in [-0.2, 0) is 11.3 Å². The van der Waals surface area contributed by atoms with Crippen LogP contribution in [0, 0.1) is 5.92 Å². The smallest absolute Gasteiger partial charge is 0.185 e. The molecule has 1 aliphatic carbocycles. The molecule has 2 heterocycles. The van der Waals surface area contributed by atoms with E-state index >= 15 is 0 Å². The van der Waals surface area contributed by atoms with Crippen LogP contribution in [0.5, 0.6) is 0 Å². The molecule has 2 fully saturated rings. The minimum atomic E-state index is 0.672. The first-order chi connectivity index (χ1) is 9.81. The van der Waals surface area contributed by atoms with E-state index < -0.39 is 0 Å². The molecule has 3 rings (SSSR count). The Bertz CT molecular complexity index is 444. The maximum Gasteiger partial charge on any atom is 0.185 e. The van der Waals surface area contributed by atoms with Crippen LogP contribution in [0.2, 0.25) is 0 Å². The van der Waals surface area contributed by atoms with Crippen molar-refractivity contribution in [1.29, 1.82) is 0 Å². The number of nitrogens with zero attached hydrogens (tertiary/aromatic N) is 2. The molecule has 1 aromatic rings. The monoisotopic (exact) mass is 295 g/mol. The van der Waals surface area contributed by atoms with Crippen molar-refractivity contribution in [2.45, 2.75) is 38.6 Å². The maximum atomic E-state index is 5.29. The topological polar surface area (TPSA) is 37.4 Å². The summed E-state index contributed by atoms with van der Waals surface area (Å²) in [5.74, 6) is 1.41. The second-order valence-electron chi connectivity index (χ2n) is 5.92. The Hall–Kier alpha value is -0.650. The molecule has 20 heavy (non-hydrogen) atoms. The lowest BCUT2D eigenvalue weighted by Crippen LogP contribution is -2.20. The first-order valence-electron chi connectivity index (χ1n) is 7.76. The first-order valence-corrected chi connectivity index (χ1v) is 8.57. The van der Waals surface area contributed by atoms with E-state index in [1.54, 1.807) is 7.11 Å². The molecule has 1 aliphatic heterocycles. The molecule has 112 valence electrons. The van der Waals surface area contributed by atoms with Crippen LogP contribution < -0.4 is 10.2 Å². The molecule has 1 N–H and O–H groups in total. The van der Waals surface area contributed by atoms with Crippen LogP contribution in [0.15, 0.2) is 0 Å². The van der Waals surface area contributed by atoms with Crippen molar-refractivity contribution in [1.82, 2.24) is 10.3 Å². The average Bonchev–Trinajstić information content (AvgIpc) is 3.04. The van der Waals surface area contributed by atoms with Gasteiger partial charge in [0.15, 0.2) is 5.13 Å². The maximum absolute atomic E-state index is 5.29. The summed E-state index contributed by atoms with van der Waals surface area (Å²) in [5.41, 5.74) is 1.38. The second-order valence-corrected chi connectivity index (χ2v) is 6.98. The molecule has 0 aromatic carbocycles. The van der Waals surface area contributed by atoms with Crippen molar-refractivity contribution in [3.8, 4) is 0 Å². The molecule has 0 amide bonds. The number of nitrogens with one attached hydrogen (secondary N) is 1. The zero-order chi connectivity index (χ0) is 13.9. The van der Waals surface area contributed by atoms with E-state index in [1.165, 1.54) is 35.0 Å². The Morgan fingerprint density at radius 1 is 1.40 bits per heavy atom. The molecule has 0 radical (unpaired) electrons. The third-order valence-corrected chi connectivity index (χ3v) is 5.31. The van der Waals surface area contributed by atoms with Crippen LogP contribution in [0.25, 0.3) is 0 Å². The summed E-state index contributed by atoms with van der Waals surface area (Å²) in [5, 5.41) is 4.69. The third kappa shape index (κ3) is 3.15. The van der Waals surface area contributed by atoms with Crippen molar-refractivity contribution >= 4 is 16.5 Å². The fourth-order valence-electron chi connectivity index (χ4n) is 2.90. The zero-order valence-electron chi connectivity index (χ0n) is 12.5. The highest BCUT2D eigenvalue weighted by Gasteiger charge is 2.32. The van der Waals surface area contributed by atoms with Gasteiger partial charge < -0.3 is 15.0 Å². The highest BCUT2D eigenvalue weighted by Crippen LogP contribution is 2.44. The number of thiazole rings is 1. The van der Waals surface area contributed by atoms with Crippen LogP contribution in [-0.4, -0.2) is 38.3 Å². The molecule has 1 saturated heterocycles. The van der Waals surface area contributed by atoms with Gasteiger partial charge in [0, 0.05) is 43.5 Å². The van der Waals surface area contributed by atoms with Crippen LogP contribution in [0.4, 0.5) is 5.13 Å². The minimum absolute atomic E-state index is 0.672. The molecule has 1 aromatic heterocycles. The number of methoxy groups -OCH3 is 1. The lowest BCUT2D eigenvalue weighted by molar-refractivity contribution is 0.161. The molecular weight excluding hydrogens is 270 g/mol. The largest absolute Gasteiger partial charge is 0.384 e. The number of aromatic nitrogens is 1. The number of hydrogen-bond acceptors (Lipinski definition) is 5. The summed E-state index contributed by atoms with van der Waals surface area (Å²) in [7, 11) is 1.80. The van der Waals surface area contributed by atoms with Gasteiger partial charge in [-0.05, 0) is 25.8 Å². The number of rotatable bonds is 7. The van der Waals surface area contributed by atoms with Crippen molar-refractivity contribution in [2.75, 3.05) is 38.3 Å². The molecule has 0 spiro atoms. The molecule has 1 saturated carbocycles. The van der Waals surface area contributed by atoms with Gasteiger partial charge in [0.05, 0.1) is 12.3 Å². The van der Waals surface area contributed by atoms with Gasteiger partial charge in [0.1, 0.15) is 0 Å². The summed E-state index contributed by atoms with van der Waals surface area (Å²) in [6, 6.07) is 0. The van der Waals surface area contributed by atoms with Crippen LogP contribution >= 0.6 is 11.3 Å². The Morgan fingerprint density at radius 2 is 2.25 bits per heavy atom. The Labute approximate surface area is 125 Å². The average molecular weight is 295 g/mol. The second kappa shape index (κ2) is 6.41. The van der Waals surface area contributed by atoms with Gasteiger partial charge in [0.25, 0.3) is 0 Å². The highest BCUT2D eigenvalue weighted by molar-refractivity contribution is 7.15. The summed E-state index contributed by atoms with van der Waals surface area (Å²) in [4.78, 5) is 8.88. The summed E-state index contributed by atoms with van der Waals surface area (Å²) in [6.45, 7) is 7.28. The summed E-state index contributed by atoms with van der Waals surface area (Å²) in [6.07, 6.45) is 3.89. The summed E-state index contributed by atoms with van der Waals surface area (Å²) < 4.78 is 5.29. The molecule has 1 atom stereocenters.